The van der Waals surface area contributed by atoms with Crippen LogP contribution in [-0.2, 0) is 20.7 Å². The predicted molar refractivity (Wildman–Crippen MR) is 116 cm³/mol. The monoisotopic (exact) mass is 471 g/mol. The summed E-state index contributed by atoms with van der Waals surface area (Å²) in [6.45, 7) is -0.430. The molecule has 0 spiro atoms. The summed E-state index contributed by atoms with van der Waals surface area (Å²) in [7, 11) is 1.35. The summed E-state index contributed by atoms with van der Waals surface area (Å²) in [5.41, 5.74) is 2.52. The number of nitrogens with zero attached hydrogens (tertiary/aromatic N) is 4. The van der Waals surface area contributed by atoms with E-state index in [2.05, 4.69) is 19.9 Å². The number of H-pyrrole nitrogens is 1. The number of ether oxygens (including phenoxy) is 2. The number of benzene rings is 1. The second kappa shape index (κ2) is 8.72. The summed E-state index contributed by atoms with van der Waals surface area (Å²) in [5.74, 6) is -0.358. The van der Waals surface area contributed by atoms with E-state index in [-0.39, 0.29) is 12.4 Å². The minimum Gasteiger partial charge on any atom is -0.469 e. The number of methoxy groups -OCH3 is 1. The Balaban J connectivity index is 1.53. The maximum Gasteiger partial charge on any atom is 0.310 e. The Bertz CT molecular complexity index is 1320. The average molecular weight is 471 g/mol. The molecule has 0 aliphatic carbocycles. The smallest absolute Gasteiger partial charge is 0.310 e. The number of esters is 1. The molecule has 12 heteroatoms. The summed E-state index contributed by atoms with van der Waals surface area (Å²) in [4.78, 5) is 28.4. The third-order valence-electron chi connectivity index (χ3n) is 5.64. The third kappa shape index (κ3) is 3.75. The lowest BCUT2D eigenvalue weighted by Gasteiger charge is -2.16. The number of para-hydroxylation sites is 1. The zero-order valence-corrected chi connectivity index (χ0v) is 18.3. The highest BCUT2D eigenvalue weighted by Gasteiger charge is 2.44. The van der Waals surface area contributed by atoms with E-state index < -0.39 is 31.1 Å². The van der Waals surface area contributed by atoms with Gasteiger partial charge in [0.1, 0.15) is 35.2 Å². The zero-order chi connectivity index (χ0) is 23.1. The lowest BCUT2D eigenvalue weighted by Crippen LogP contribution is -2.33. The van der Waals surface area contributed by atoms with Gasteiger partial charge in [-0.3, -0.25) is 9.36 Å². The average Bonchev–Trinajstić information content (AvgIpc) is 3.49. The molecule has 4 N–H and O–H groups in total. The highest BCUT2D eigenvalue weighted by Crippen LogP contribution is 2.37. The van der Waals surface area contributed by atoms with Crippen LogP contribution in [0.4, 0.5) is 0 Å². The molecule has 0 radical (unpaired) electrons. The van der Waals surface area contributed by atoms with Crippen molar-refractivity contribution in [2.45, 2.75) is 41.0 Å². The van der Waals surface area contributed by atoms with Crippen LogP contribution >= 0.6 is 11.8 Å². The molecule has 4 heterocycles. The molecule has 5 rings (SSSR count). The van der Waals surface area contributed by atoms with Gasteiger partial charge in [-0.2, -0.15) is 0 Å². The van der Waals surface area contributed by atoms with Crippen molar-refractivity contribution in [2.24, 2.45) is 0 Å². The van der Waals surface area contributed by atoms with Gasteiger partial charge in [0, 0.05) is 16.5 Å². The molecule has 1 aromatic carbocycles. The van der Waals surface area contributed by atoms with Gasteiger partial charge >= 0.3 is 5.97 Å². The Kier molecular flexibility index (Phi) is 5.76. The fraction of sp³-hybridized carbons (Fsp3) is 0.333. The van der Waals surface area contributed by atoms with Crippen LogP contribution in [0.15, 0.2) is 47.0 Å². The first kappa shape index (κ1) is 21.8. The number of aromatic amines is 1. The van der Waals surface area contributed by atoms with E-state index in [1.165, 1.54) is 36.1 Å². The molecule has 1 saturated heterocycles. The number of carbonyl (C=O) groups excluding carboxylic acids is 1. The van der Waals surface area contributed by atoms with Gasteiger partial charge in [-0.15, -0.1) is 0 Å². The number of aliphatic hydroxyl groups is 3. The van der Waals surface area contributed by atoms with Crippen molar-refractivity contribution in [1.29, 1.82) is 0 Å². The van der Waals surface area contributed by atoms with Crippen molar-refractivity contribution in [2.75, 3.05) is 13.7 Å². The molecule has 4 atom stereocenters. The van der Waals surface area contributed by atoms with Gasteiger partial charge in [0.25, 0.3) is 0 Å². The fourth-order valence-corrected chi connectivity index (χ4v) is 4.95. The summed E-state index contributed by atoms with van der Waals surface area (Å²) < 4.78 is 12.0. The highest BCUT2D eigenvalue weighted by atomic mass is 32.2. The van der Waals surface area contributed by atoms with E-state index in [1.807, 2.05) is 24.3 Å². The van der Waals surface area contributed by atoms with Crippen molar-refractivity contribution in [3.8, 4) is 0 Å². The molecule has 1 aliphatic rings. The number of carbonyl (C=O) groups is 1. The first-order valence-electron chi connectivity index (χ1n) is 10.2. The molecule has 1 aliphatic heterocycles. The number of rotatable bonds is 6. The lowest BCUT2D eigenvalue weighted by molar-refractivity contribution is -0.139. The van der Waals surface area contributed by atoms with Gasteiger partial charge in [0.05, 0.1) is 31.5 Å². The minimum atomic E-state index is -1.26. The second-order valence-corrected chi connectivity index (χ2v) is 8.56. The molecule has 4 aromatic rings. The normalized spacial score (nSPS) is 22.9. The van der Waals surface area contributed by atoms with Crippen LogP contribution < -0.4 is 0 Å². The minimum absolute atomic E-state index is 0.0913. The molecule has 3 aromatic heterocycles. The second-order valence-electron chi connectivity index (χ2n) is 7.56. The molecule has 0 bridgehead atoms. The Morgan fingerprint density at radius 1 is 1.24 bits per heavy atom. The van der Waals surface area contributed by atoms with Crippen molar-refractivity contribution in [3.63, 3.8) is 0 Å². The van der Waals surface area contributed by atoms with Crippen molar-refractivity contribution < 1.29 is 29.6 Å². The molecule has 0 amide bonds. The Morgan fingerprint density at radius 2 is 2.06 bits per heavy atom. The molecule has 1 fully saturated rings. The van der Waals surface area contributed by atoms with Crippen molar-refractivity contribution in [1.82, 2.24) is 24.5 Å². The summed E-state index contributed by atoms with van der Waals surface area (Å²) in [6.07, 6.45) is -1.46. The molecule has 0 saturated carbocycles. The summed E-state index contributed by atoms with van der Waals surface area (Å²) in [5, 5.41) is 32.0. The SMILES string of the molecule is COC(=O)Cc1c(Sc2ncnc3c2ncn3[C@H]2O[C@@H](CO)[C@H](O)[C@@H]2O)[nH]c2ccccc12. The Morgan fingerprint density at radius 3 is 2.82 bits per heavy atom. The van der Waals surface area contributed by atoms with Crippen LogP contribution in [0.25, 0.3) is 22.1 Å². The quantitative estimate of drug-likeness (QED) is 0.234. The van der Waals surface area contributed by atoms with Crippen LogP contribution in [0.5, 0.6) is 0 Å². The molecule has 172 valence electrons. The standard InChI is InChI=1S/C21H21N5O6S/c1-31-14(28)6-11-10-4-2-3-5-12(10)25-19(11)33-20-15-18(22-8-23-20)26(9-24-15)21-17(30)16(29)13(7-27)32-21/h2-5,8-9,13,16-17,21,25,27,29-30H,6-7H2,1H3/t13-,16-,17-,21-/m0/s1. The topological polar surface area (TPSA) is 156 Å². The maximum atomic E-state index is 12.0. The van der Waals surface area contributed by atoms with Crippen LogP contribution in [-0.4, -0.2) is 77.8 Å². The van der Waals surface area contributed by atoms with Crippen molar-refractivity contribution in [3.05, 3.63) is 42.5 Å². The molecule has 11 nitrogen and oxygen atoms in total. The van der Waals surface area contributed by atoms with E-state index in [1.54, 1.807) is 0 Å². The molecular formula is C21H21N5O6S. The van der Waals surface area contributed by atoms with E-state index in [0.717, 1.165) is 21.5 Å². The van der Waals surface area contributed by atoms with Gasteiger partial charge in [-0.1, -0.05) is 18.2 Å². The highest BCUT2D eigenvalue weighted by molar-refractivity contribution is 7.99. The van der Waals surface area contributed by atoms with Crippen LogP contribution in [0.3, 0.4) is 0 Å². The Labute approximate surface area is 191 Å². The number of nitrogens with one attached hydrogen (secondary N) is 1. The van der Waals surface area contributed by atoms with Crippen LogP contribution in [0.1, 0.15) is 11.8 Å². The number of aliphatic hydroxyl groups excluding tert-OH is 3. The van der Waals surface area contributed by atoms with Crippen molar-refractivity contribution >= 4 is 39.8 Å². The maximum absolute atomic E-state index is 12.0. The van der Waals surface area contributed by atoms with Gasteiger partial charge in [-0.05, 0) is 17.8 Å². The Hall–Kier alpha value is -3.03. The molecule has 0 unspecified atom stereocenters. The first-order valence-corrected chi connectivity index (χ1v) is 11.0. The van der Waals surface area contributed by atoms with Gasteiger partial charge in [0.15, 0.2) is 11.9 Å². The van der Waals surface area contributed by atoms with E-state index in [4.69, 9.17) is 9.47 Å². The lowest BCUT2D eigenvalue weighted by atomic mass is 10.1. The van der Waals surface area contributed by atoms with E-state index in [0.29, 0.717) is 16.2 Å². The number of aromatic nitrogens is 5. The van der Waals surface area contributed by atoms with Crippen LogP contribution in [0.2, 0.25) is 0 Å². The van der Waals surface area contributed by atoms with Gasteiger partial charge < -0.3 is 29.8 Å². The van der Waals surface area contributed by atoms with Crippen LogP contribution in [0, 0.1) is 0 Å². The van der Waals surface area contributed by atoms with Gasteiger partial charge in [0.2, 0.25) is 0 Å². The van der Waals surface area contributed by atoms with E-state index >= 15 is 0 Å². The number of hydrogen-bond acceptors (Lipinski definition) is 10. The number of fused-ring (bicyclic) bond motifs is 2. The van der Waals surface area contributed by atoms with E-state index in [9.17, 15) is 20.1 Å². The molecule has 33 heavy (non-hydrogen) atoms. The van der Waals surface area contributed by atoms with Gasteiger partial charge in [-0.25, -0.2) is 15.0 Å². The summed E-state index contributed by atoms with van der Waals surface area (Å²) in [6, 6.07) is 7.66. The predicted octanol–water partition coefficient (Wildman–Crippen LogP) is 0.786. The third-order valence-corrected chi connectivity index (χ3v) is 6.68. The largest absolute Gasteiger partial charge is 0.469 e. The summed E-state index contributed by atoms with van der Waals surface area (Å²) >= 11 is 1.30. The first-order chi connectivity index (χ1) is 16.0. The fourth-order valence-electron chi connectivity index (χ4n) is 3.95. The molecular weight excluding hydrogens is 450 g/mol. The number of hydrogen-bond donors (Lipinski definition) is 4. The zero-order valence-electron chi connectivity index (χ0n) is 17.5. The number of imidazole rings is 1.